The Hall–Kier alpha value is -1.40. The lowest BCUT2D eigenvalue weighted by Gasteiger charge is -2.14. The summed E-state index contributed by atoms with van der Waals surface area (Å²) in [4.78, 5) is 0. The Morgan fingerprint density at radius 3 is 2.65 bits per heavy atom. The van der Waals surface area contributed by atoms with Crippen molar-refractivity contribution in [1.29, 1.82) is 0 Å². The van der Waals surface area contributed by atoms with Crippen LogP contribution in [-0.2, 0) is 11.9 Å². The molecule has 0 fully saturated rings. The van der Waals surface area contributed by atoms with Gasteiger partial charge in [0.25, 0.3) is 0 Å². The van der Waals surface area contributed by atoms with Crippen molar-refractivity contribution < 1.29 is 17.6 Å². The monoisotopic (exact) mass is 301 g/mol. The van der Waals surface area contributed by atoms with Gasteiger partial charge < -0.3 is 10.2 Å². The maximum Gasteiger partial charge on any atom is 0.416 e. The number of rotatable bonds is 5. The number of hydrogen-bond acceptors (Lipinski definition) is 3. The van der Waals surface area contributed by atoms with Crippen LogP contribution in [0.3, 0.4) is 0 Å². The molecule has 2 nitrogen and oxygen atoms in total. The summed E-state index contributed by atoms with van der Waals surface area (Å²) in [6.07, 6.45) is -2.75. The number of furan rings is 1. The van der Waals surface area contributed by atoms with E-state index < -0.39 is 17.8 Å². The fourth-order valence-electron chi connectivity index (χ4n) is 1.72. The van der Waals surface area contributed by atoms with Crippen LogP contribution in [0.25, 0.3) is 0 Å². The van der Waals surface area contributed by atoms with E-state index in [1.54, 1.807) is 18.4 Å². The number of alkyl halides is 3. The Morgan fingerprint density at radius 2 is 2.00 bits per heavy atom. The van der Waals surface area contributed by atoms with E-state index in [1.165, 1.54) is 17.8 Å². The molecule has 1 atom stereocenters. The second-order valence-corrected chi connectivity index (χ2v) is 5.35. The Morgan fingerprint density at radius 1 is 1.20 bits per heavy atom. The molecule has 1 unspecified atom stereocenters. The van der Waals surface area contributed by atoms with Gasteiger partial charge in [0.15, 0.2) is 0 Å². The normalized spacial score (nSPS) is 13.4. The third-order valence-electron chi connectivity index (χ3n) is 2.76. The number of nitrogens with two attached hydrogens (primary N) is 1. The summed E-state index contributed by atoms with van der Waals surface area (Å²) < 4.78 is 43.0. The van der Waals surface area contributed by atoms with Crippen molar-refractivity contribution in [3.63, 3.8) is 0 Å². The third kappa shape index (κ3) is 4.05. The van der Waals surface area contributed by atoms with Crippen molar-refractivity contribution in [2.24, 2.45) is 5.73 Å². The molecule has 1 aromatic heterocycles. The molecule has 2 aromatic rings. The van der Waals surface area contributed by atoms with Crippen molar-refractivity contribution in [2.45, 2.75) is 18.0 Å². The number of hydrogen-bond donors (Lipinski definition) is 1. The minimum Gasteiger partial charge on any atom is -0.468 e. The fraction of sp³-hybridized carbons (Fsp3) is 0.286. The van der Waals surface area contributed by atoms with Gasteiger partial charge >= 0.3 is 6.18 Å². The molecule has 2 N–H and O–H groups in total. The Bertz CT molecular complexity index is 540. The van der Waals surface area contributed by atoms with Gasteiger partial charge in [0.2, 0.25) is 0 Å². The Labute approximate surface area is 119 Å². The van der Waals surface area contributed by atoms with E-state index in [4.69, 9.17) is 10.2 Å². The molecular weight excluding hydrogens is 287 g/mol. The lowest BCUT2D eigenvalue weighted by molar-refractivity contribution is -0.137. The van der Waals surface area contributed by atoms with E-state index in [1.807, 2.05) is 6.07 Å². The van der Waals surface area contributed by atoms with E-state index in [0.717, 1.165) is 17.9 Å². The first-order chi connectivity index (χ1) is 9.47. The highest BCUT2D eigenvalue weighted by Gasteiger charge is 2.30. The summed E-state index contributed by atoms with van der Waals surface area (Å²) in [7, 11) is 0. The van der Waals surface area contributed by atoms with Crippen LogP contribution < -0.4 is 5.73 Å². The molecule has 0 radical (unpaired) electrons. The van der Waals surface area contributed by atoms with Gasteiger partial charge in [0.1, 0.15) is 5.76 Å². The highest BCUT2D eigenvalue weighted by molar-refractivity contribution is 7.98. The maximum atomic E-state index is 12.6. The van der Waals surface area contributed by atoms with Crippen molar-refractivity contribution in [3.8, 4) is 0 Å². The van der Waals surface area contributed by atoms with E-state index in [0.29, 0.717) is 17.1 Å². The summed E-state index contributed by atoms with van der Waals surface area (Å²) in [5, 5.41) is 0. The van der Waals surface area contributed by atoms with E-state index in [-0.39, 0.29) is 0 Å². The van der Waals surface area contributed by atoms with E-state index >= 15 is 0 Å². The van der Waals surface area contributed by atoms with Crippen LogP contribution in [0.15, 0.2) is 47.1 Å². The quantitative estimate of drug-likeness (QED) is 0.898. The molecule has 20 heavy (non-hydrogen) atoms. The molecule has 1 heterocycles. The standard InChI is InChI=1S/C14H14F3NOS/c15-14(16,17)11-4-1-3-10(7-11)13(18)9-20-8-12-5-2-6-19-12/h1-7,13H,8-9,18H2. The van der Waals surface area contributed by atoms with Crippen LogP contribution in [0.4, 0.5) is 13.2 Å². The lowest BCUT2D eigenvalue weighted by atomic mass is 10.1. The third-order valence-corrected chi connectivity index (χ3v) is 3.85. The second-order valence-electron chi connectivity index (χ2n) is 4.32. The van der Waals surface area contributed by atoms with Crippen LogP contribution in [0.5, 0.6) is 0 Å². The number of thioether (sulfide) groups is 1. The summed E-state index contributed by atoms with van der Waals surface area (Å²) >= 11 is 1.53. The van der Waals surface area contributed by atoms with Gasteiger partial charge in [-0.3, -0.25) is 0 Å². The van der Waals surface area contributed by atoms with Gasteiger partial charge in [-0.25, -0.2) is 0 Å². The van der Waals surface area contributed by atoms with Gasteiger partial charge in [-0.05, 0) is 29.8 Å². The fourth-order valence-corrected chi connectivity index (χ4v) is 2.65. The van der Waals surface area contributed by atoms with E-state index in [2.05, 4.69) is 0 Å². The highest BCUT2D eigenvalue weighted by atomic mass is 32.2. The van der Waals surface area contributed by atoms with Crippen molar-refractivity contribution >= 4 is 11.8 Å². The summed E-state index contributed by atoms with van der Waals surface area (Å²) in [6.45, 7) is 0. The molecule has 0 spiro atoms. The zero-order valence-corrected chi connectivity index (χ0v) is 11.4. The predicted molar refractivity (Wildman–Crippen MR) is 73.2 cm³/mol. The minimum atomic E-state index is -4.34. The lowest BCUT2D eigenvalue weighted by Crippen LogP contribution is -2.14. The van der Waals surface area contributed by atoms with Gasteiger partial charge in [0, 0.05) is 11.8 Å². The number of halogens is 3. The summed E-state index contributed by atoms with van der Waals surface area (Å²) in [6, 6.07) is 8.37. The molecule has 108 valence electrons. The molecule has 0 saturated carbocycles. The molecule has 0 aliphatic rings. The van der Waals surface area contributed by atoms with Gasteiger partial charge in [0.05, 0.1) is 17.6 Å². The van der Waals surface area contributed by atoms with Crippen LogP contribution in [0, 0.1) is 0 Å². The summed E-state index contributed by atoms with van der Waals surface area (Å²) in [5.74, 6) is 2.01. The first-order valence-corrected chi connectivity index (χ1v) is 7.15. The predicted octanol–water partition coefficient (Wildman–Crippen LogP) is 4.23. The second kappa shape index (κ2) is 6.37. The van der Waals surface area contributed by atoms with Crippen LogP contribution >= 0.6 is 11.8 Å². The molecule has 6 heteroatoms. The molecule has 0 bridgehead atoms. The largest absolute Gasteiger partial charge is 0.468 e. The van der Waals surface area contributed by atoms with Crippen molar-refractivity contribution in [2.75, 3.05) is 5.75 Å². The van der Waals surface area contributed by atoms with Crippen LogP contribution in [0.2, 0.25) is 0 Å². The first kappa shape index (κ1) is 15.0. The molecule has 0 aliphatic carbocycles. The minimum absolute atomic E-state index is 0.433. The topological polar surface area (TPSA) is 39.2 Å². The van der Waals surface area contributed by atoms with Crippen molar-refractivity contribution in [1.82, 2.24) is 0 Å². The summed E-state index contributed by atoms with van der Waals surface area (Å²) in [5.41, 5.74) is 5.75. The van der Waals surface area contributed by atoms with Crippen LogP contribution in [0.1, 0.15) is 22.9 Å². The smallest absolute Gasteiger partial charge is 0.416 e. The zero-order chi connectivity index (χ0) is 14.6. The highest BCUT2D eigenvalue weighted by Crippen LogP contribution is 2.31. The van der Waals surface area contributed by atoms with Gasteiger partial charge in [-0.2, -0.15) is 24.9 Å². The molecule has 1 aromatic carbocycles. The average Bonchev–Trinajstić information content (AvgIpc) is 2.91. The van der Waals surface area contributed by atoms with Gasteiger partial charge in [-0.15, -0.1) is 0 Å². The van der Waals surface area contributed by atoms with Crippen LogP contribution in [-0.4, -0.2) is 5.75 Å². The van der Waals surface area contributed by atoms with E-state index in [9.17, 15) is 13.2 Å². The Balaban J connectivity index is 1.93. The molecule has 0 amide bonds. The SMILES string of the molecule is NC(CSCc1ccco1)c1cccc(C(F)(F)F)c1. The first-order valence-electron chi connectivity index (χ1n) is 5.99. The molecule has 0 saturated heterocycles. The number of benzene rings is 1. The molecule has 2 rings (SSSR count). The Kier molecular flexibility index (Phi) is 4.77. The molecule has 0 aliphatic heterocycles. The maximum absolute atomic E-state index is 12.6. The molecular formula is C14H14F3NOS. The zero-order valence-electron chi connectivity index (χ0n) is 10.6. The van der Waals surface area contributed by atoms with Crippen molar-refractivity contribution in [3.05, 3.63) is 59.5 Å². The average molecular weight is 301 g/mol. The van der Waals surface area contributed by atoms with Gasteiger partial charge in [-0.1, -0.05) is 12.1 Å².